The van der Waals surface area contributed by atoms with Gasteiger partial charge in [0.25, 0.3) is 0 Å². The molecule has 4 N–H and O–H groups in total. The first-order valence-electron chi connectivity index (χ1n) is 6.92. The van der Waals surface area contributed by atoms with Gasteiger partial charge >= 0.3 is 5.97 Å². The number of amidine groups is 1. The number of nitrogens with one attached hydrogen (secondary N) is 2. The van der Waals surface area contributed by atoms with Gasteiger partial charge in [0.2, 0.25) is 5.71 Å². The molecule has 0 aromatic heterocycles. The normalized spacial score (nSPS) is 10.6. The summed E-state index contributed by atoms with van der Waals surface area (Å²) in [6, 6.07) is 16.0. The lowest BCUT2D eigenvalue weighted by Gasteiger charge is -2.06. The third kappa shape index (κ3) is 3.96. The molecule has 0 radical (unpaired) electrons. The topological polar surface area (TPSA) is 124 Å². The number of rotatable bonds is 5. The summed E-state index contributed by atoms with van der Waals surface area (Å²) in [6.07, 6.45) is 0. The van der Waals surface area contributed by atoms with Crippen molar-refractivity contribution in [1.82, 2.24) is 0 Å². The third-order valence-electron chi connectivity index (χ3n) is 3.16. The molecule has 0 fully saturated rings. The molecule has 0 aliphatic rings. The maximum atomic E-state index is 11.6. The summed E-state index contributed by atoms with van der Waals surface area (Å²) < 4.78 is 4.71. The molecule has 0 bridgehead atoms. The minimum atomic E-state index is -0.402. The molecule has 7 nitrogen and oxygen atoms in total. The Balaban J connectivity index is 2.20. The van der Waals surface area contributed by atoms with Crippen molar-refractivity contribution >= 4 is 23.2 Å². The predicted molar refractivity (Wildman–Crippen MR) is 91.8 cm³/mol. The van der Waals surface area contributed by atoms with Crippen LogP contribution in [0.5, 0.6) is 0 Å². The predicted octanol–water partition coefficient (Wildman–Crippen LogP) is 2.37. The molecule has 0 saturated carbocycles. The highest BCUT2D eigenvalue weighted by Crippen LogP contribution is 2.22. The van der Waals surface area contributed by atoms with Crippen LogP contribution in [0.1, 0.15) is 10.4 Å². The van der Waals surface area contributed by atoms with E-state index in [0.29, 0.717) is 11.3 Å². The lowest BCUT2D eigenvalue weighted by Crippen LogP contribution is -2.21. The average Bonchev–Trinajstić information content (AvgIpc) is 2.62. The summed E-state index contributed by atoms with van der Waals surface area (Å²) in [5, 5.41) is 19.7. The fourth-order valence-corrected chi connectivity index (χ4v) is 1.95. The molecule has 0 spiro atoms. The van der Waals surface area contributed by atoms with Gasteiger partial charge in [0.05, 0.1) is 18.4 Å². The van der Waals surface area contributed by atoms with Crippen LogP contribution in [-0.2, 0) is 4.74 Å². The van der Waals surface area contributed by atoms with E-state index in [4.69, 9.17) is 21.1 Å². The molecule has 24 heavy (non-hydrogen) atoms. The lowest BCUT2D eigenvalue weighted by atomic mass is 10.0. The molecule has 120 valence electrons. The molecule has 0 saturated heterocycles. The molecule has 0 amide bonds. The number of hydrogen-bond acceptors (Lipinski definition) is 6. The summed E-state index contributed by atoms with van der Waals surface area (Å²) in [6.45, 7) is 0. The van der Waals surface area contributed by atoms with Gasteiger partial charge in [0, 0.05) is 0 Å². The second kappa shape index (κ2) is 7.56. The highest BCUT2D eigenvalue weighted by Gasteiger charge is 2.07. The maximum absolute atomic E-state index is 11.6. The van der Waals surface area contributed by atoms with Gasteiger partial charge in [-0.15, -0.1) is 0 Å². The highest BCUT2D eigenvalue weighted by atomic mass is 16.5. The Bertz CT molecular complexity index is 835. The summed E-state index contributed by atoms with van der Waals surface area (Å²) in [5.41, 5.74) is 10.6. The van der Waals surface area contributed by atoms with E-state index in [0.717, 1.165) is 11.1 Å². The number of nitrogens with zero attached hydrogens (tertiary/aromatic N) is 2. The van der Waals surface area contributed by atoms with Crippen molar-refractivity contribution in [1.29, 1.82) is 10.7 Å². The Morgan fingerprint density at radius 3 is 2.54 bits per heavy atom. The first-order chi connectivity index (χ1) is 11.5. The van der Waals surface area contributed by atoms with Gasteiger partial charge in [-0.25, -0.2) is 4.79 Å². The van der Waals surface area contributed by atoms with Crippen molar-refractivity contribution in [2.75, 3.05) is 12.5 Å². The van der Waals surface area contributed by atoms with Crippen molar-refractivity contribution in [3.8, 4) is 17.2 Å². The van der Waals surface area contributed by atoms with E-state index >= 15 is 0 Å². The largest absolute Gasteiger partial charge is 0.465 e. The third-order valence-corrected chi connectivity index (χ3v) is 3.16. The first kappa shape index (κ1) is 16.7. The molecule has 7 heteroatoms. The number of nitrogens with two attached hydrogens (primary N) is 1. The van der Waals surface area contributed by atoms with Crippen molar-refractivity contribution in [3.05, 3.63) is 54.1 Å². The number of ether oxygens (including phenoxy) is 1. The van der Waals surface area contributed by atoms with E-state index < -0.39 is 11.8 Å². The van der Waals surface area contributed by atoms with Crippen LogP contribution in [0, 0.1) is 16.7 Å². The Kier molecular flexibility index (Phi) is 5.26. The minimum Gasteiger partial charge on any atom is -0.465 e. The smallest absolute Gasteiger partial charge is 0.337 e. The second-order valence-electron chi connectivity index (χ2n) is 4.75. The second-order valence-corrected chi connectivity index (χ2v) is 4.75. The zero-order valence-electron chi connectivity index (χ0n) is 12.9. The van der Waals surface area contributed by atoms with Gasteiger partial charge in [-0.1, -0.05) is 24.3 Å². The SMILES string of the molecule is COC(=O)c1cccc(-c2ccc(N/N=C(\C#N)C(=N)N)cc2)c1. The van der Waals surface area contributed by atoms with E-state index in [9.17, 15) is 4.79 Å². The van der Waals surface area contributed by atoms with Gasteiger partial charge in [-0.3, -0.25) is 10.8 Å². The summed E-state index contributed by atoms with van der Waals surface area (Å²) in [5.74, 6) is -0.793. The van der Waals surface area contributed by atoms with Crippen molar-refractivity contribution in [3.63, 3.8) is 0 Å². The monoisotopic (exact) mass is 321 g/mol. The number of nitriles is 1. The Morgan fingerprint density at radius 2 is 1.96 bits per heavy atom. The molecule has 2 rings (SSSR count). The van der Waals surface area contributed by atoms with Gasteiger partial charge in [-0.2, -0.15) is 10.4 Å². The fraction of sp³-hybridized carbons (Fsp3) is 0.0588. The Hall–Kier alpha value is -3.66. The number of carbonyl (C=O) groups is 1. The number of carbonyl (C=O) groups excluding carboxylic acids is 1. The van der Waals surface area contributed by atoms with Gasteiger partial charge < -0.3 is 10.5 Å². The molecule has 0 aliphatic heterocycles. The van der Waals surface area contributed by atoms with Crippen LogP contribution in [0.3, 0.4) is 0 Å². The number of hydrogen-bond donors (Lipinski definition) is 3. The van der Waals surface area contributed by atoms with E-state index in [1.54, 1.807) is 36.4 Å². The number of esters is 1. The van der Waals surface area contributed by atoms with Crippen LogP contribution in [0.4, 0.5) is 5.69 Å². The maximum Gasteiger partial charge on any atom is 0.337 e. The van der Waals surface area contributed by atoms with Crippen molar-refractivity contribution < 1.29 is 9.53 Å². The zero-order valence-corrected chi connectivity index (χ0v) is 12.9. The molecular weight excluding hydrogens is 306 g/mol. The number of benzene rings is 2. The van der Waals surface area contributed by atoms with Crippen LogP contribution in [0.25, 0.3) is 11.1 Å². The van der Waals surface area contributed by atoms with E-state index in [2.05, 4.69) is 10.5 Å². The summed E-state index contributed by atoms with van der Waals surface area (Å²) in [4.78, 5) is 11.6. The molecule has 2 aromatic rings. The van der Waals surface area contributed by atoms with Crippen molar-refractivity contribution in [2.45, 2.75) is 0 Å². The van der Waals surface area contributed by atoms with Crippen LogP contribution in [0.2, 0.25) is 0 Å². The standard InChI is InChI=1S/C17H15N5O2/c1-24-17(23)13-4-2-3-12(9-13)11-5-7-14(8-6-11)21-22-15(10-18)16(19)20/h2-9,21H,1H3,(H3,19,20)/b22-15+. The summed E-state index contributed by atoms with van der Waals surface area (Å²) in [7, 11) is 1.34. The van der Waals surface area contributed by atoms with Gasteiger partial charge in [0.1, 0.15) is 6.07 Å². The number of methoxy groups -OCH3 is 1. The van der Waals surface area contributed by atoms with Crippen LogP contribution in [-0.4, -0.2) is 24.6 Å². The molecular formula is C17H15N5O2. The van der Waals surface area contributed by atoms with E-state index in [1.807, 2.05) is 18.2 Å². The van der Waals surface area contributed by atoms with Crippen LogP contribution in [0.15, 0.2) is 53.6 Å². The number of hydrazone groups is 1. The molecule has 2 aromatic carbocycles. The lowest BCUT2D eigenvalue weighted by molar-refractivity contribution is 0.0601. The van der Waals surface area contributed by atoms with Gasteiger partial charge in [0.15, 0.2) is 5.84 Å². The van der Waals surface area contributed by atoms with E-state index in [1.165, 1.54) is 7.11 Å². The molecule has 0 unspecified atom stereocenters. The van der Waals surface area contributed by atoms with Crippen LogP contribution < -0.4 is 11.2 Å². The highest BCUT2D eigenvalue weighted by molar-refractivity contribution is 6.45. The average molecular weight is 321 g/mol. The fourth-order valence-electron chi connectivity index (χ4n) is 1.95. The Labute approximate surface area is 138 Å². The van der Waals surface area contributed by atoms with Gasteiger partial charge in [-0.05, 0) is 35.4 Å². The minimum absolute atomic E-state index is 0.190. The number of anilines is 1. The Morgan fingerprint density at radius 1 is 1.25 bits per heavy atom. The van der Waals surface area contributed by atoms with Crippen LogP contribution >= 0.6 is 0 Å². The molecule has 0 aliphatic carbocycles. The van der Waals surface area contributed by atoms with E-state index in [-0.39, 0.29) is 5.71 Å². The quantitative estimate of drug-likeness (QED) is 0.337. The van der Waals surface area contributed by atoms with Crippen molar-refractivity contribution in [2.24, 2.45) is 10.8 Å². The molecule has 0 heterocycles. The first-order valence-corrected chi connectivity index (χ1v) is 6.92. The molecule has 0 atom stereocenters. The zero-order chi connectivity index (χ0) is 17.5. The summed E-state index contributed by atoms with van der Waals surface area (Å²) >= 11 is 0.